The molecule has 2 fully saturated rings. The molecule has 0 aromatic heterocycles. The van der Waals surface area contributed by atoms with E-state index in [-0.39, 0.29) is 12.5 Å². The van der Waals surface area contributed by atoms with Crippen LogP contribution in [0.4, 0.5) is 0 Å². The van der Waals surface area contributed by atoms with Crippen LogP contribution in [-0.2, 0) is 16.2 Å². The van der Waals surface area contributed by atoms with E-state index in [1.807, 2.05) is 48.5 Å². The molecule has 2 saturated heterocycles. The highest BCUT2D eigenvalue weighted by Gasteiger charge is 2.48. The molecule has 2 aliphatic heterocycles. The molecule has 0 saturated carbocycles. The molecule has 192 valence electrons. The summed E-state index contributed by atoms with van der Waals surface area (Å²) in [6, 6.07) is 15.3. The molecule has 0 aliphatic carbocycles. The lowest BCUT2D eigenvalue weighted by atomic mass is 9.92. The SMILES string of the molecule is Cc1ccc(C#Cc2ccc(CN3OC([C@H](C)O)[C@@H](CO)[C@H]3C(=O)NCCN3CCCC3)cc2)cc1. The van der Waals surface area contributed by atoms with Crippen LogP contribution >= 0.6 is 0 Å². The first-order valence-corrected chi connectivity index (χ1v) is 12.8. The fraction of sp³-hybridized carbons (Fsp3) is 0.483. The van der Waals surface area contributed by atoms with E-state index in [1.54, 1.807) is 12.0 Å². The van der Waals surface area contributed by atoms with Gasteiger partial charge in [0.2, 0.25) is 5.91 Å². The Morgan fingerprint density at radius 3 is 2.28 bits per heavy atom. The molecule has 3 N–H and O–H groups in total. The molecule has 1 amide bonds. The number of carbonyl (C=O) groups excluding carboxylic acids is 1. The molecule has 2 heterocycles. The lowest BCUT2D eigenvalue weighted by Crippen LogP contribution is -2.48. The standard InChI is InChI=1S/C29H37N3O4/c1-21-5-7-23(8-6-21)9-10-24-11-13-25(14-12-24)19-32-27(26(20-33)28(36-32)22(2)34)29(35)30-15-18-31-16-3-4-17-31/h5-8,11-14,22,26-28,33-34H,3-4,15-20H2,1-2H3,(H,30,35)/t22-,26-,27-,28?/m0/s1. The van der Waals surface area contributed by atoms with Gasteiger partial charge in [0, 0.05) is 30.1 Å². The van der Waals surface area contributed by atoms with Gasteiger partial charge in [-0.3, -0.25) is 9.63 Å². The van der Waals surface area contributed by atoms with Crippen LogP contribution in [0.1, 0.15) is 42.0 Å². The minimum absolute atomic E-state index is 0.183. The van der Waals surface area contributed by atoms with Gasteiger partial charge in [0.15, 0.2) is 0 Å². The molecule has 2 aromatic rings. The van der Waals surface area contributed by atoms with Crippen LogP contribution in [0.3, 0.4) is 0 Å². The highest BCUT2D eigenvalue weighted by molar-refractivity contribution is 5.82. The first-order chi connectivity index (χ1) is 17.4. The average Bonchev–Trinajstić information content (AvgIpc) is 3.52. The van der Waals surface area contributed by atoms with Gasteiger partial charge in [-0.25, -0.2) is 0 Å². The number of likely N-dealkylation sites (tertiary alicyclic amines) is 1. The molecular formula is C29H37N3O4. The third kappa shape index (κ3) is 6.73. The second kappa shape index (κ2) is 12.5. The highest BCUT2D eigenvalue weighted by atomic mass is 16.7. The van der Waals surface area contributed by atoms with Crippen molar-refractivity contribution in [2.24, 2.45) is 5.92 Å². The zero-order valence-corrected chi connectivity index (χ0v) is 21.2. The van der Waals surface area contributed by atoms with E-state index >= 15 is 0 Å². The summed E-state index contributed by atoms with van der Waals surface area (Å²) in [5.41, 5.74) is 4.02. The average molecular weight is 492 g/mol. The third-order valence-electron chi connectivity index (χ3n) is 6.97. The number of hydrogen-bond donors (Lipinski definition) is 3. The van der Waals surface area contributed by atoms with E-state index in [4.69, 9.17) is 4.84 Å². The summed E-state index contributed by atoms with van der Waals surface area (Å²) in [6.07, 6.45) is 0.949. The summed E-state index contributed by atoms with van der Waals surface area (Å²) in [7, 11) is 0. The Kier molecular flexibility index (Phi) is 9.13. The van der Waals surface area contributed by atoms with E-state index < -0.39 is 24.2 Å². The Morgan fingerprint density at radius 1 is 1.08 bits per heavy atom. The van der Waals surface area contributed by atoms with E-state index in [9.17, 15) is 15.0 Å². The van der Waals surface area contributed by atoms with Crippen molar-refractivity contribution in [1.82, 2.24) is 15.3 Å². The van der Waals surface area contributed by atoms with Crippen LogP contribution in [0.2, 0.25) is 0 Å². The maximum absolute atomic E-state index is 13.2. The lowest BCUT2D eigenvalue weighted by Gasteiger charge is -2.25. The van der Waals surface area contributed by atoms with Crippen molar-refractivity contribution in [2.45, 2.75) is 51.5 Å². The fourth-order valence-electron chi connectivity index (χ4n) is 4.91. The van der Waals surface area contributed by atoms with E-state index in [2.05, 4.69) is 29.0 Å². The quantitative estimate of drug-likeness (QED) is 0.491. The zero-order valence-electron chi connectivity index (χ0n) is 21.2. The number of nitrogens with zero attached hydrogens (tertiary/aromatic N) is 2. The van der Waals surface area contributed by atoms with Crippen LogP contribution in [0.15, 0.2) is 48.5 Å². The van der Waals surface area contributed by atoms with Crippen LogP contribution < -0.4 is 5.32 Å². The number of aliphatic hydroxyl groups is 2. The van der Waals surface area contributed by atoms with Gasteiger partial charge in [-0.1, -0.05) is 41.7 Å². The summed E-state index contributed by atoms with van der Waals surface area (Å²) >= 11 is 0. The minimum atomic E-state index is -0.813. The van der Waals surface area contributed by atoms with Crippen molar-refractivity contribution in [3.63, 3.8) is 0 Å². The van der Waals surface area contributed by atoms with Gasteiger partial charge in [0.25, 0.3) is 0 Å². The van der Waals surface area contributed by atoms with Gasteiger partial charge in [0.05, 0.1) is 19.3 Å². The van der Waals surface area contributed by atoms with Gasteiger partial charge in [0.1, 0.15) is 12.1 Å². The fourth-order valence-corrected chi connectivity index (χ4v) is 4.91. The lowest BCUT2D eigenvalue weighted by molar-refractivity contribution is -0.192. The molecule has 0 bridgehead atoms. The third-order valence-corrected chi connectivity index (χ3v) is 6.97. The monoisotopic (exact) mass is 491 g/mol. The molecule has 0 radical (unpaired) electrons. The van der Waals surface area contributed by atoms with Gasteiger partial charge < -0.3 is 20.4 Å². The molecular weight excluding hydrogens is 454 g/mol. The second-order valence-corrected chi connectivity index (χ2v) is 9.83. The number of aliphatic hydroxyl groups excluding tert-OH is 2. The summed E-state index contributed by atoms with van der Waals surface area (Å²) in [5.74, 6) is 5.66. The number of aryl methyl sites for hydroxylation is 1. The van der Waals surface area contributed by atoms with Crippen molar-refractivity contribution in [1.29, 1.82) is 0 Å². The molecule has 36 heavy (non-hydrogen) atoms. The number of amides is 1. The molecule has 4 rings (SSSR count). The maximum atomic E-state index is 13.2. The van der Waals surface area contributed by atoms with Gasteiger partial charge >= 0.3 is 0 Å². The normalized spacial score (nSPS) is 23.3. The van der Waals surface area contributed by atoms with Crippen LogP contribution in [-0.4, -0.2) is 77.1 Å². The smallest absolute Gasteiger partial charge is 0.240 e. The van der Waals surface area contributed by atoms with Crippen LogP contribution in [0.25, 0.3) is 0 Å². The Hall–Kier alpha value is -2.73. The number of hydrogen-bond acceptors (Lipinski definition) is 6. The highest BCUT2D eigenvalue weighted by Crippen LogP contribution is 2.31. The van der Waals surface area contributed by atoms with Crippen molar-refractivity contribution >= 4 is 5.91 Å². The first-order valence-electron chi connectivity index (χ1n) is 12.8. The summed E-state index contributed by atoms with van der Waals surface area (Å²) in [6.45, 7) is 7.30. The predicted molar refractivity (Wildman–Crippen MR) is 139 cm³/mol. The molecule has 2 aromatic carbocycles. The van der Waals surface area contributed by atoms with E-state index in [1.165, 1.54) is 18.4 Å². The van der Waals surface area contributed by atoms with E-state index in [0.29, 0.717) is 13.1 Å². The second-order valence-electron chi connectivity index (χ2n) is 9.83. The Morgan fingerprint density at radius 2 is 1.69 bits per heavy atom. The number of rotatable bonds is 8. The maximum Gasteiger partial charge on any atom is 0.240 e. The minimum Gasteiger partial charge on any atom is -0.396 e. The van der Waals surface area contributed by atoms with Crippen molar-refractivity contribution < 1.29 is 19.8 Å². The largest absolute Gasteiger partial charge is 0.396 e. The molecule has 1 unspecified atom stereocenters. The number of nitrogens with one attached hydrogen (secondary N) is 1. The van der Waals surface area contributed by atoms with Gasteiger partial charge in [-0.15, -0.1) is 0 Å². The summed E-state index contributed by atoms with van der Waals surface area (Å²) < 4.78 is 0. The Bertz CT molecular complexity index is 1050. The van der Waals surface area contributed by atoms with Crippen LogP contribution in [0.5, 0.6) is 0 Å². The van der Waals surface area contributed by atoms with E-state index in [0.717, 1.165) is 36.3 Å². The summed E-state index contributed by atoms with van der Waals surface area (Å²) in [4.78, 5) is 21.5. The topological polar surface area (TPSA) is 85.3 Å². The summed E-state index contributed by atoms with van der Waals surface area (Å²) in [5, 5.41) is 24.9. The number of carbonyl (C=O) groups is 1. The molecule has 2 aliphatic rings. The first kappa shape index (κ1) is 26.3. The molecule has 0 spiro atoms. The van der Waals surface area contributed by atoms with Gasteiger partial charge in [-0.2, -0.15) is 5.06 Å². The zero-order chi connectivity index (χ0) is 25.5. The number of benzene rings is 2. The van der Waals surface area contributed by atoms with Crippen molar-refractivity contribution in [2.75, 3.05) is 32.8 Å². The van der Waals surface area contributed by atoms with Gasteiger partial charge in [-0.05, 0) is 69.6 Å². The Balaban J connectivity index is 1.42. The molecule has 7 nitrogen and oxygen atoms in total. The molecule has 4 atom stereocenters. The number of hydroxylamine groups is 2. The van der Waals surface area contributed by atoms with Crippen molar-refractivity contribution in [3.8, 4) is 11.8 Å². The molecule has 7 heteroatoms. The predicted octanol–water partition coefficient (Wildman–Crippen LogP) is 2.08. The van der Waals surface area contributed by atoms with Crippen molar-refractivity contribution in [3.05, 3.63) is 70.8 Å². The Labute approximate surface area is 214 Å². The van der Waals surface area contributed by atoms with Crippen LogP contribution in [0, 0.1) is 24.7 Å².